The molecule has 1 aliphatic rings. The van der Waals surface area contributed by atoms with Gasteiger partial charge in [0.1, 0.15) is 18.2 Å². The molecule has 116 valence electrons. The van der Waals surface area contributed by atoms with E-state index < -0.39 is 5.82 Å². The van der Waals surface area contributed by atoms with Crippen LogP contribution < -0.4 is 4.74 Å². The van der Waals surface area contributed by atoms with Crippen LogP contribution in [0.4, 0.5) is 4.39 Å². The molecule has 1 amide bonds. The maximum Gasteiger partial charge on any atom is 0.316 e. The van der Waals surface area contributed by atoms with Crippen molar-refractivity contribution in [3.05, 3.63) is 42.4 Å². The second kappa shape index (κ2) is 7.46. The molecule has 1 aliphatic heterocycles. The Morgan fingerprint density at radius 2 is 2.36 bits per heavy atom. The van der Waals surface area contributed by atoms with E-state index in [0.717, 1.165) is 0 Å². The van der Waals surface area contributed by atoms with E-state index in [0.29, 0.717) is 18.8 Å². The van der Waals surface area contributed by atoms with Gasteiger partial charge in [0.2, 0.25) is 0 Å². The van der Waals surface area contributed by atoms with Crippen LogP contribution in [0.2, 0.25) is 0 Å². The minimum Gasteiger partial charge on any atom is -0.424 e. The summed E-state index contributed by atoms with van der Waals surface area (Å²) in [6.45, 7) is 4.69. The lowest BCUT2D eigenvalue weighted by atomic mass is 10.3. The molecule has 0 N–H and O–H groups in total. The van der Waals surface area contributed by atoms with Gasteiger partial charge in [-0.15, -0.1) is 0 Å². The van der Waals surface area contributed by atoms with Gasteiger partial charge in [0.15, 0.2) is 0 Å². The molecule has 1 aromatic rings. The van der Waals surface area contributed by atoms with E-state index in [-0.39, 0.29) is 24.3 Å². The molecule has 0 spiro atoms. The summed E-state index contributed by atoms with van der Waals surface area (Å²) in [6.07, 6.45) is 1.38. The van der Waals surface area contributed by atoms with Crippen LogP contribution in [0.15, 0.2) is 46.5 Å². The van der Waals surface area contributed by atoms with Gasteiger partial charge in [0, 0.05) is 19.7 Å². The molecule has 0 radical (unpaired) electrons. The van der Waals surface area contributed by atoms with Gasteiger partial charge in [-0.05, 0) is 12.1 Å². The number of allylic oxidation sites excluding steroid dienone is 1. The number of aliphatic imine (C=N–C) groups is 2. The summed E-state index contributed by atoms with van der Waals surface area (Å²) >= 11 is 0. The summed E-state index contributed by atoms with van der Waals surface area (Å²) in [5.74, 6) is -0.310. The van der Waals surface area contributed by atoms with E-state index in [4.69, 9.17) is 9.47 Å². The molecular weight excluding hydrogens is 289 g/mol. The highest BCUT2D eigenvalue weighted by atomic mass is 19.1. The van der Waals surface area contributed by atoms with Crippen LogP contribution in [0, 0.1) is 5.82 Å². The smallest absolute Gasteiger partial charge is 0.316 e. The fourth-order valence-electron chi connectivity index (χ4n) is 1.79. The standard InChI is InChI=1S/C15H16FN3O3/c1-11(19-6-7-21-10-14(19)20)9-18-15(17-2)22-13-5-3-4-12(16)8-13/h3-5,8-9H,1,6-7,10H2,2H3/b17-15+,18-9-. The number of rotatable bonds is 3. The molecular formula is C15H16FN3O3. The molecule has 1 fully saturated rings. The molecule has 1 saturated heterocycles. The molecule has 0 saturated carbocycles. The van der Waals surface area contributed by atoms with E-state index in [1.54, 1.807) is 6.07 Å². The van der Waals surface area contributed by atoms with Crippen molar-refractivity contribution in [2.75, 3.05) is 26.8 Å². The van der Waals surface area contributed by atoms with E-state index in [1.165, 1.54) is 36.4 Å². The Hall–Kier alpha value is -2.54. The summed E-state index contributed by atoms with van der Waals surface area (Å²) in [4.78, 5) is 21.0. The van der Waals surface area contributed by atoms with Crippen molar-refractivity contribution in [2.45, 2.75) is 0 Å². The Morgan fingerprint density at radius 1 is 1.55 bits per heavy atom. The zero-order valence-electron chi connectivity index (χ0n) is 12.2. The minimum atomic E-state index is -0.416. The first kappa shape index (κ1) is 15.8. The number of amides is 1. The average Bonchev–Trinajstić information content (AvgIpc) is 2.51. The Morgan fingerprint density at radius 3 is 3.05 bits per heavy atom. The fraction of sp³-hybridized carbons (Fsp3) is 0.267. The highest BCUT2D eigenvalue weighted by Crippen LogP contribution is 2.13. The number of hydrogen-bond acceptors (Lipinski definition) is 4. The first-order chi connectivity index (χ1) is 10.6. The van der Waals surface area contributed by atoms with Crippen molar-refractivity contribution in [1.82, 2.24) is 4.90 Å². The second-order valence-corrected chi connectivity index (χ2v) is 4.41. The van der Waals surface area contributed by atoms with E-state index in [2.05, 4.69) is 16.6 Å². The van der Waals surface area contributed by atoms with E-state index in [9.17, 15) is 9.18 Å². The highest BCUT2D eigenvalue weighted by Gasteiger charge is 2.20. The maximum absolute atomic E-state index is 13.1. The predicted molar refractivity (Wildman–Crippen MR) is 80.6 cm³/mol. The predicted octanol–water partition coefficient (Wildman–Crippen LogP) is 1.63. The lowest BCUT2D eigenvalue weighted by Gasteiger charge is -2.26. The third-order valence-electron chi connectivity index (χ3n) is 2.85. The van der Waals surface area contributed by atoms with Crippen molar-refractivity contribution in [2.24, 2.45) is 9.98 Å². The van der Waals surface area contributed by atoms with Crippen molar-refractivity contribution < 1.29 is 18.7 Å². The lowest BCUT2D eigenvalue weighted by Crippen LogP contribution is -2.41. The maximum atomic E-state index is 13.1. The quantitative estimate of drug-likeness (QED) is 0.630. The molecule has 7 heteroatoms. The Bertz CT molecular complexity index is 628. The minimum absolute atomic E-state index is 0.0291. The Kier molecular flexibility index (Phi) is 5.37. The molecule has 6 nitrogen and oxygen atoms in total. The van der Waals surface area contributed by atoms with Crippen LogP contribution in [0.3, 0.4) is 0 Å². The van der Waals surface area contributed by atoms with Crippen LogP contribution in [-0.4, -0.2) is 49.8 Å². The van der Waals surface area contributed by atoms with Crippen LogP contribution in [0.5, 0.6) is 5.75 Å². The zero-order chi connectivity index (χ0) is 15.9. The number of morpholine rings is 1. The number of carbonyl (C=O) groups excluding carboxylic acids is 1. The van der Waals surface area contributed by atoms with Gasteiger partial charge in [-0.1, -0.05) is 12.6 Å². The summed E-state index contributed by atoms with van der Waals surface area (Å²) < 4.78 is 23.5. The monoisotopic (exact) mass is 305 g/mol. The van der Waals surface area contributed by atoms with Gasteiger partial charge in [-0.25, -0.2) is 14.4 Å². The molecule has 22 heavy (non-hydrogen) atoms. The van der Waals surface area contributed by atoms with Gasteiger partial charge >= 0.3 is 6.02 Å². The Labute approximate surface area is 127 Å². The number of hydrogen-bond donors (Lipinski definition) is 0. The highest BCUT2D eigenvalue weighted by molar-refractivity contribution is 5.94. The topological polar surface area (TPSA) is 63.5 Å². The number of amidine groups is 1. The number of benzene rings is 1. The lowest BCUT2D eigenvalue weighted by molar-refractivity contribution is -0.139. The molecule has 0 aliphatic carbocycles. The summed E-state index contributed by atoms with van der Waals surface area (Å²) in [5, 5.41) is 0. The van der Waals surface area contributed by atoms with Crippen molar-refractivity contribution in [3.63, 3.8) is 0 Å². The molecule has 0 atom stereocenters. The first-order valence-corrected chi connectivity index (χ1v) is 6.61. The van der Waals surface area contributed by atoms with E-state index in [1.807, 2.05) is 0 Å². The number of halogens is 1. The molecule has 0 unspecified atom stereocenters. The molecule has 0 aromatic heterocycles. The van der Waals surface area contributed by atoms with Crippen LogP contribution >= 0.6 is 0 Å². The third-order valence-corrected chi connectivity index (χ3v) is 2.85. The van der Waals surface area contributed by atoms with Gasteiger partial charge in [-0.3, -0.25) is 4.79 Å². The van der Waals surface area contributed by atoms with Gasteiger partial charge in [0.25, 0.3) is 5.91 Å². The van der Waals surface area contributed by atoms with Gasteiger partial charge in [0.05, 0.1) is 18.5 Å². The van der Waals surface area contributed by atoms with Gasteiger partial charge in [-0.2, -0.15) is 0 Å². The number of nitrogens with zero attached hydrogens (tertiary/aromatic N) is 3. The Balaban J connectivity index is 2.00. The van der Waals surface area contributed by atoms with Crippen molar-refractivity contribution in [3.8, 4) is 5.75 Å². The molecule has 0 bridgehead atoms. The zero-order valence-corrected chi connectivity index (χ0v) is 12.2. The molecule has 2 rings (SSSR count). The SMILES string of the molecule is C=C(/C=N\C(=N/C)Oc1cccc(F)c1)N1CCOCC1=O. The summed E-state index contributed by atoms with van der Waals surface area (Å²) in [6, 6.07) is 5.68. The first-order valence-electron chi connectivity index (χ1n) is 6.61. The molecule has 1 aromatic carbocycles. The third kappa shape index (κ3) is 4.23. The number of carbonyl (C=O) groups is 1. The van der Waals surface area contributed by atoms with Crippen LogP contribution in [0.1, 0.15) is 0 Å². The van der Waals surface area contributed by atoms with Crippen molar-refractivity contribution >= 4 is 18.1 Å². The van der Waals surface area contributed by atoms with Crippen LogP contribution in [0.25, 0.3) is 0 Å². The normalized spacial score (nSPS) is 16.2. The summed E-state index contributed by atoms with van der Waals surface area (Å²) in [7, 11) is 1.49. The van der Waals surface area contributed by atoms with E-state index >= 15 is 0 Å². The van der Waals surface area contributed by atoms with Crippen LogP contribution in [-0.2, 0) is 9.53 Å². The average molecular weight is 305 g/mol. The summed E-state index contributed by atoms with van der Waals surface area (Å²) in [5.41, 5.74) is 0.414. The van der Waals surface area contributed by atoms with Crippen molar-refractivity contribution in [1.29, 1.82) is 0 Å². The number of ether oxygens (including phenoxy) is 2. The second-order valence-electron chi connectivity index (χ2n) is 4.41. The van der Waals surface area contributed by atoms with Gasteiger partial charge < -0.3 is 14.4 Å². The molecule has 1 heterocycles. The fourth-order valence-corrected chi connectivity index (χ4v) is 1.79. The largest absolute Gasteiger partial charge is 0.424 e.